The van der Waals surface area contributed by atoms with Gasteiger partial charge in [-0.15, -0.1) is 0 Å². The number of phenolic OH excluding ortho intramolecular Hbond substituents is 1. The highest BCUT2D eigenvalue weighted by Gasteiger charge is 2.40. The molecule has 2 fully saturated rings. The Morgan fingerprint density at radius 1 is 1.06 bits per heavy atom. The van der Waals surface area contributed by atoms with Crippen molar-refractivity contribution in [3.63, 3.8) is 0 Å². The van der Waals surface area contributed by atoms with Crippen molar-refractivity contribution in [1.82, 2.24) is 35.1 Å². The summed E-state index contributed by atoms with van der Waals surface area (Å²) in [6.07, 6.45) is 7.57. The highest BCUT2D eigenvalue weighted by atomic mass is 32.1. The highest BCUT2D eigenvalue weighted by molar-refractivity contribution is 7.59. The van der Waals surface area contributed by atoms with E-state index in [0.29, 0.717) is 57.4 Å². The van der Waals surface area contributed by atoms with Crippen LogP contribution in [-0.2, 0) is 59.3 Å². The van der Waals surface area contributed by atoms with Gasteiger partial charge < -0.3 is 34.3 Å². The number of esters is 1. The SMILES string of the molecule is C=CC(=O)N1CC[C@H](C(=O)N(C)[C@H](C(=O)N[C@H]2Cc3cc(O)cc(c3)-c3ccc4c(c3)c(c(-c3ccncc3CCOC)n4CC)CC(C)(C)COC(=O)[C@@H]3CCCN(N3)C2=O)C(C)C)C1.S.S.S.S. The number of nitrogens with one attached hydrogen (secondary N) is 2. The largest absolute Gasteiger partial charge is 0.508 e. The van der Waals surface area contributed by atoms with Crippen LogP contribution in [0.1, 0.15) is 70.6 Å². The van der Waals surface area contributed by atoms with Gasteiger partial charge in [0.1, 0.15) is 23.9 Å². The third kappa shape index (κ3) is 13.1. The first-order chi connectivity index (χ1) is 31.5. The molecule has 5 heterocycles. The zero-order valence-corrected chi connectivity index (χ0v) is 45.4. The van der Waals surface area contributed by atoms with Crippen molar-refractivity contribution >= 4 is 94.5 Å². The average molecular weight is 1040 g/mol. The van der Waals surface area contributed by atoms with Gasteiger partial charge in [0.15, 0.2) is 0 Å². The van der Waals surface area contributed by atoms with Crippen molar-refractivity contribution in [2.75, 3.05) is 47.0 Å². The number of nitrogens with zero attached hydrogens (tertiary/aromatic N) is 5. The van der Waals surface area contributed by atoms with E-state index in [-0.39, 0.29) is 104 Å². The summed E-state index contributed by atoms with van der Waals surface area (Å²) < 4.78 is 13.9. The van der Waals surface area contributed by atoms with E-state index in [2.05, 4.69) is 65.8 Å². The Hall–Kier alpha value is -4.66. The van der Waals surface area contributed by atoms with E-state index in [4.69, 9.17) is 9.47 Å². The second-order valence-corrected chi connectivity index (χ2v) is 19.1. The van der Waals surface area contributed by atoms with E-state index in [1.165, 1.54) is 16.0 Å². The molecule has 19 heteroatoms. The molecule has 2 aromatic heterocycles. The quantitative estimate of drug-likeness (QED) is 0.121. The molecule has 4 aromatic rings. The van der Waals surface area contributed by atoms with E-state index in [1.54, 1.807) is 31.2 Å². The summed E-state index contributed by atoms with van der Waals surface area (Å²) in [5.41, 5.74) is 10.0. The van der Waals surface area contributed by atoms with Crippen molar-refractivity contribution in [3.8, 4) is 28.1 Å². The van der Waals surface area contributed by atoms with Gasteiger partial charge in [-0.3, -0.25) is 34.0 Å². The molecule has 15 nitrogen and oxygen atoms in total. The Morgan fingerprint density at radius 3 is 2.49 bits per heavy atom. The Morgan fingerprint density at radius 2 is 1.80 bits per heavy atom. The van der Waals surface area contributed by atoms with Gasteiger partial charge in [0.2, 0.25) is 17.7 Å². The smallest absolute Gasteiger partial charge is 0.324 e. The zero-order chi connectivity index (χ0) is 47.4. The number of carbonyl (C=O) groups excluding carboxylic acids is 5. The van der Waals surface area contributed by atoms with Crippen molar-refractivity contribution < 1.29 is 38.6 Å². The fourth-order valence-electron chi connectivity index (χ4n) is 9.98. The summed E-state index contributed by atoms with van der Waals surface area (Å²) in [7, 11) is 3.27. The van der Waals surface area contributed by atoms with Gasteiger partial charge in [0, 0.05) is 81.0 Å². The molecule has 7 rings (SSSR count). The number of benzene rings is 2. The number of amides is 4. The van der Waals surface area contributed by atoms with Crippen molar-refractivity contribution in [2.24, 2.45) is 17.3 Å². The van der Waals surface area contributed by atoms with Crippen LogP contribution in [0.5, 0.6) is 5.75 Å². The lowest BCUT2D eigenvalue weighted by Gasteiger charge is -2.37. The van der Waals surface area contributed by atoms with Crippen LogP contribution < -0.4 is 10.7 Å². The number of likely N-dealkylation sites (N-methyl/N-ethyl adjacent to an activating group) is 1. The number of hydrogen-bond donors (Lipinski definition) is 3. The first kappa shape index (κ1) is 59.6. The average Bonchev–Trinajstić information content (AvgIpc) is 3.91. The van der Waals surface area contributed by atoms with E-state index >= 15 is 0 Å². The normalized spacial score (nSPS) is 19.3. The molecule has 0 spiro atoms. The van der Waals surface area contributed by atoms with E-state index < -0.39 is 47.2 Å². The molecule has 0 saturated carbocycles. The Balaban J connectivity index is 0.00000324. The van der Waals surface area contributed by atoms with Crippen LogP contribution in [0.4, 0.5) is 0 Å². The zero-order valence-electron chi connectivity index (χ0n) is 41.4. The third-order valence-electron chi connectivity index (χ3n) is 13.3. The minimum atomic E-state index is -1.16. The van der Waals surface area contributed by atoms with Crippen LogP contribution >= 0.6 is 54.0 Å². The lowest BCUT2D eigenvalue weighted by atomic mass is 9.84. The number of fused-ring (bicyclic) bond motifs is 6. The minimum absolute atomic E-state index is 0. The molecule has 70 heavy (non-hydrogen) atoms. The van der Waals surface area contributed by atoms with Gasteiger partial charge in [-0.1, -0.05) is 46.4 Å². The monoisotopic (exact) mass is 1040 g/mol. The fraction of sp³-hybridized carbons (Fsp3) is 0.490. The van der Waals surface area contributed by atoms with Crippen molar-refractivity contribution in [1.29, 1.82) is 0 Å². The Kier molecular flexibility index (Phi) is 21.8. The maximum Gasteiger partial charge on any atom is 0.324 e. The minimum Gasteiger partial charge on any atom is -0.508 e. The number of hydrogen-bond acceptors (Lipinski definition) is 10. The Labute approximate surface area is 440 Å². The molecular formula is C51H73N7O8S4. The number of methoxy groups -OCH3 is 1. The maximum atomic E-state index is 14.7. The molecule has 4 atom stereocenters. The standard InChI is InChI=1S/C51H65N7O8.4H2S/c1-9-44(60)56-20-16-35(29-56)48(62)55(7)45(31(3)4)47(61)53-42-24-32-22-36(25-37(59)23-32)33-13-14-43-39(26-33)40(46(57(43)10-2)38-15-18-52-28-34(38)17-21-65-8)27-51(5,6)30-66-50(64)41-12-11-19-58(54-41)49(42)63;;;;/h9,13-15,18,22-23,25-26,28,31,35,41-42,45,54,59H,1,10-12,16-17,19-21,24,27,29-30H2,2-8H3,(H,53,61);4*1H2/t35-,41-,42-,45-;;;;/m0..../s1. The number of pyridine rings is 1. The predicted molar refractivity (Wildman–Crippen MR) is 293 cm³/mol. The summed E-state index contributed by atoms with van der Waals surface area (Å²) in [6, 6.07) is 10.6. The number of likely N-dealkylation sites (tertiary alicyclic amines) is 1. The summed E-state index contributed by atoms with van der Waals surface area (Å²) >= 11 is 0. The number of phenols is 1. The molecular weight excluding hydrogens is 967 g/mol. The van der Waals surface area contributed by atoms with E-state index in [9.17, 15) is 29.1 Å². The molecule has 4 amide bonds. The number of carbonyl (C=O) groups is 5. The predicted octanol–water partition coefficient (Wildman–Crippen LogP) is 5.90. The second-order valence-electron chi connectivity index (χ2n) is 19.1. The van der Waals surface area contributed by atoms with Gasteiger partial charge >= 0.3 is 5.97 Å². The topological polar surface area (TPSA) is 176 Å². The maximum absolute atomic E-state index is 14.7. The van der Waals surface area contributed by atoms with Gasteiger partial charge in [-0.25, -0.2) is 5.43 Å². The summed E-state index contributed by atoms with van der Waals surface area (Å²) in [5.74, 6) is -2.84. The lowest BCUT2D eigenvalue weighted by molar-refractivity contribution is -0.155. The van der Waals surface area contributed by atoms with Crippen LogP contribution in [-0.4, -0.2) is 124 Å². The fourth-order valence-corrected chi connectivity index (χ4v) is 9.98. The Bertz CT molecular complexity index is 2520. The molecule has 6 bridgehead atoms. The molecule has 3 N–H and O–H groups in total. The molecule has 3 aliphatic rings. The number of rotatable bonds is 11. The summed E-state index contributed by atoms with van der Waals surface area (Å²) in [6.45, 7) is 15.8. The number of aromatic hydroxyl groups is 1. The molecule has 384 valence electrons. The van der Waals surface area contributed by atoms with E-state index in [0.717, 1.165) is 44.4 Å². The van der Waals surface area contributed by atoms with Gasteiger partial charge in [0.05, 0.1) is 24.8 Å². The molecule has 3 aliphatic heterocycles. The number of ether oxygens (including phenoxy) is 2. The molecule has 2 aromatic carbocycles. The molecule has 0 unspecified atom stereocenters. The lowest BCUT2D eigenvalue weighted by Crippen LogP contribution is -2.62. The van der Waals surface area contributed by atoms with Crippen LogP contribution in [0.15, 0.2) is 67.5 Å². The van der Waals surface area contributed by atoms with Crippen molar-refractivity contribution in [2.45, 2.75) is 97.8 Å². The first-order valence-corrected chi connectivity index (χ1v) is 23.2. The molecule has 0 radical (unpaired) electrons. The van der Waals surface area contributed by atoms with Crippen molar-refractivity contribution in [3.05, 3.63) is 84.2 Å². The molecule has 2 saturated heterocycles. The first-order valence-electron chi connectivity index (χ1n) is 23.2. The van der Waals surface area contributed by atoms with Gasteiger partial charge in [0.25, 0.3) is 5.91 Å². The highest BCUT2D eigenvalue weighted by Crippen LogP contribution is 2.41. The van der Waals surface area contributed by atoms with Gasteiger partial charge in [-0.05, 0) is 109 Å². The molecule has 0 aliphatic carbocycles. The number of aromatic nitrogens is 2. The van der Waals surface area contributed by atoms with Crippen LogP contribution in [0.25, 0.3) is 33.3 Å². The number of aryl methyl sites for hydroxylation is 1. The number of hydrazine groups is 1. The van der Waals surface area contributed by atoms with Crippen LogP contribution in [0.2, 0.25) is 0 Å². The van der Waals surface area contributed by atoms with Gasteiger partial charge in [-0.2, -0.15) is 54.0 Å². The number of cyclic esters (lactones) is 1. The summed E-state index contributed by atoms with van der Waals surface area (Å²) in [5, 5.41) is 16.7. The van der Waals surface area contributed by atoms with Crippen LogP contribution in [0, 0.1) is 17.3 Å². The summed E-state index contributed by atoms with van der Waals surface area (Å²) in [4.78, 5) is 76.8. The second kappa shape index (κ2) is 25.6. The van der Waals surface area contributed by atoms with E-state index in [1.807, 2.05) is 38.4 Å². The third-order valence-corrected chi connectivity index (χ3v) is 13.3. The van der Waals surface area contributed by atoms with Crippen LogP contribution in [0.3, 0.4) is 0 Å².